The van der Waals surface area contributed by atoms with Gasteiger partial charge in [-0.15, -0.1) is 0 Å². The van der Waals surface area contributed by atoms with E-state index in [1.165, 1.54) is 37.7 Å². The van der Waals surface area contributed by atoms with E-state index in [0.717, 1.165) is 45.0 Å². The first-order valence-electron chi connectivity index (χ1n) is 9.40. The Morgan fingerprint density at radius 1 is 1.04 bits per heavy atom. The SMILES string of the molecule is CCCCCCCCOc1ccc(C2CN(CC)CCO2)cc1. The molecule has 23 heavy (non-hydrogen) atoms. The number of ether oxygens (including phenoxy) is 2. The van der Waals surface area contributed by atoms with E-state index in [-0.39, 0.29) is 6.10 Å². The van der Waals surface area contributed by atoms with Crippen LogP contribution in [-0.4, -0.2) is 37.7 Å². The number of hydrogen-bond donors (Lipinski definition) is 0. The second-order valence-electron chi connectivity index (χ2n) is 6.44. The number of rotatable bonds is 10. The lowest BCUT2D eigenvalue weighted by Gasteiger charge is -2.32. The molecule has 1 aromatic carbocycles. The van der Waals surface area contributed by atoms with Crippen molar-refractivity contribution >= 4 is 0 Å². The molecule has 0 aliphatic carbocycles. The minimum absolute atomic E-state index is 0.205. The van der Waals surface area contributed by atoms with E-state index in [9.17, 15) is 0 Å². The highest BCUT2D eigenvalue weighted by Crippen LogP contribution is 2.24. The Balaban J connectivity index is 1.68. The second kappa shape index (κ2) is 10.7. The molecular formula is C20H33NO2. The van der Waals surface area contributed by atoms with Gasteiger partial charge in [-0.1, -0.05) is 58.1 Å². The third-order valence-electron chi connectivity index (χ3n) is 4.62. The molecule has 1 atom stereocenters. The van der Waals surface area contributed by atoms with Crippen LogP contribution in [0.3, 0.4) is 0 Å². The first-order valence-corrected chi connectivity index (χ1v) is 9.40. The zero-order chi connectivity index (χ0) is 16.3. The molecule has 3 nitrogen and oxygen atoms in total. The van der Waals surface area contributed by atoms with Crippen LogP contribution in [0.4, 0.5) is 0 Å². The smallest absolute Gasteiger partial charge is 0.119 e. The number of benzene rings is 1. The summed E-state index contributed by atoms with van der Waals surface area (Å²) in [7, 11) is 0. The van der Waals surface area contributed by atoms with Crippen molar-refractivity contribution in [3.63, 3.8) is 0 Å². The molecule has 1 heterocycles. The van der Waals surface area contributed by atoms with Crippen LogP contribution in [0.15, 0.2) is 24.3 Å². The summed E-state index contributed by atoms with van der Waals surface area (Å²) in [5, 5.41) is 0. The molecule has 0 amide bonds. The van der Waals surface area contributed by atoms with Crippen molar-refractivity contribution < 1.29 is 9.47 Å². The van der Waals surface area contributed by atoms with Gasteiger partial charge in [0, 0.05) is 13.1 Å². The summed E-state index contributed by atoms with van der Waals surface area (Å²) in [6.45, 7) is 9.26. The van der Waals surface area contributed by atoms with Crippen LogP contribution >= 0.6 is 0 Å². The summed E-state index contributed by atoms with van der Waals surface area (Å²) in [4.78, 5) is 2.44. The summed E-state index contributed by atoms with van der Waals surface area (Å²) in [6, 6.07) is 8.47. The van der Waals surface area contributed by atoms with E-state index in [4.69, 9.17) is 9.47 Å². The van der Waals surface area contributed by atoms with Gasteiger partial charge in [0.15, 0.2) is 0 Å². The van der Waals surface area contributed by atoms with Crippen molar-refractivity contribution in [3.05, 3.63) is 29.8 Å². The Labute approximate surface area is 142 Å². The average molecular weight is 319 g/mol. The molecule has 0 N–H and O–H groups in total. The average Bonchev–Trinajstić information content (AvgIpc) is 2.61. The van der Waals surface area contributed by atoms with E-state index in [0.29, 0.717) is 0 Å². The first-order chi connectivity index (χ1) is 11.3. The van der Waals surface area contributed by atoms with Gasteiger partial charge in [0.25, 0.3) is 0 Å². The fraction of sp³-hybridized carbons (Fsp3) is 0.700. The molecule has 1 saturated heterocycles. The minimum Gasteiger partial charge on any atom is -0.494 e. The van der Waals surface area contributed by atoms with Gasteiger partial charge in [-0.2, -0.15) is 0 Å². The van der Waals surface area contributed by atoms with Crippen molar-refractivity contribution in [1.29, 1.82) is 0 Å². The van der Waals surface area contributed by atoms with Crippen molar-refractivity contribution in [3.8, 4) is 5.75 Å². The summed E-state index contributed by atoms with van der Waals surface area (Å²) in [5.74, 6) is 0.977. The maximum absolute atomic E-state index is 5.90. The van der Waals surface area contributed by atoms with Crippen LogP contribution in [-0.2, 0) is 4.74 Å². The molecular weight excluding hydrogens is 286 g/mol. The molecule has 1 aliphatic rings. The van der Waals surface area contributed by atoms with Gasteiger partial charge in [-0.3, -0.25) is 4.90 Å². The minimum atomic E-state index is 0.205. The fourth-order valence-corrected chi connectivity index (χ4v) is 3.04. The highest BCUT2D eigenvalue weighted by atomic mass is 16.5. The van der Waals surface area contributed by atoms with Crippen LogP contribution in [0.25, 0.3) is 0 Å². The van der Waals surface area contributed by atoms with Gasteiger partial charge in [0.2, 0.25) is 0 Å². The molecule has 1 aliphatic heterocycles. The largest absolute Gasteiger partial charge is 0.494 e. The van der Waals surface area contributed by atoms with Gasteiger partial charge in [-0.25, -0.2) is 0 Å². The van der Waals surface area contributed by atoms with E-state index < -0.39 is 0 Å². The van der Waals surface area contributed by atoms with Crippen molar-refractivity contribution in [2.45, 2.75) is 58.5 Å². The van der Waals surface area contributed by atoms with Crippen molar-refractivity contribution in [2.75, 3.05) is 32.8 Å². The van der Waals surface area contributed by atoms with Crippen molar-refractivity contribution in [2.24, 2.45) is 0 Å². The molecule has 1 unspecified atom stereocenters. The maximum atomic E-state index is 5.90. The third kappa shape index (κ3) is 6.52. The fourth-order valence-electron chi connectivity index (χ4n) is 3.04. The number of likely N-dealkylation sites (N-methyl/N-ethyl adjacent to an activating group) is 1. The highest BCUT2D eigenvalue weighted by molar-refractivity contribution is 5.29. The Morgan fingerprint density at radius 3 is 2.52 bits per heavy atom. The van der Waals surface area contributed by atoms with Crippen molar-refractivity contribution in [1.82, 2.24) is 4.90 Å². The van der Waals surface area contributed by atoms with E-state index in [2.05, 4.69) is 43.0 Å². The van der Waals surface area contributed by atoms with Crippen LogP contribution in [0.1, 0.15) is 64.0 Å². The topological polar surface area (TPSA) is 21.7 Å². The van der Waals surface area contributed by atoms with Crippen LogP contribution in [0, 0.1) is 0 Å². The Hall–Kier alpha value is -1.06. The van der Waals surface area contributed by atoms with Gasteiger partial charge in [0.1, 0.15) is 5.75 Å². The van der Waals surface area contributed by atoms with E-state index in [1.807, 2.05) is 0 Å². The maximum Gasteiger partial charge on any atom is 0.119 e. The Kier molecular flexibility index (Phi) is 8.48. The molecule has 1 fully saturated rings. The zero-order valence-electron chi connectivity index (χ0n) is 14.9. The predicted octanol–water partition coefficient (Wildman–Crippen LogP) is 4.82. The normalized spacial score (nSPS) is 19.0. The molecule has 0 spiro atoms. The van der Waals surface area contributed by atoms with Crippen LogP contribution < -0.4 is 4.74 Å². The number of hydrogen-bond acceptors (Lipinski definition) is 3. The molecule has 3 heteroatoms. The lowest BCUT2D eigenvalue weighted by molar-refractivity contribution is -0.0281. The molecule has 0 bridgehead atoms. The zero-order valence-corrected chi connectivity index (χ0v) is 14.9. The third-order valence-corrected chi connectivity index (χ3v) is 4.62. The second-order valence-corrected chi connectivity index (χ2v) is 6.44. The van der Waals surface area contributed by atoms with Crippen LogP contribution in [0.2, 0.25) is 0 Å². The van der Waals surface area contributed by atoms with Gasteiger partial charge >= 0.3 is 0 Å². The summed E-state index contributed by atoms with van der Waals surface area (Å²) >= 11 is 0. The van der Waals surface area contributed by atoms with Crippen LogP contribution in [0.5, 0.6) is 5.75 Å². The lowest BCUT2D eigenvalue weighted by Crippen LogP contribution is -2.37. The molecule has 0 radical (unpaired) electrons. The molecule has 130 valence electrons. The van der Waals surface area contributed by atoms with Gasteiger partial charge < -0.3 is 9.47 Å². The monoisotopic (exact) mass is 319 g/mol. The predicted molar refractivity (Wildman–Crippen MR) is 96.1 cm³/mol. The summed E-state index contributed by atoms with van der Waals surface area (Å²) < 4.78 is 11.7. The van der Waals surface area contributed by atoms with Gasteiger partial charge in [0.05, 0.1) is 19.3 Å². The highest BCUT2D eigenvalue weighted by Gasteiger charge is 2.20. The Bertz CT molecular complexity index is 418. The molecule has 1 aromatic rings. The molecule has 0 saturated carbocycles. The molecule has 0 aromatic heterocycles. The van der Waals surface area contributed by atoms with E-state index in [1.54, 1.807) is 0 Å². The lowest BCUT2D eigenvalue weighted by atomic mass is 10.1. The first kappa shape index (κ1) is 18.3. The van der Waals surface area contributed by atoms with Gasteiger partial charge in [-0.05, 0) is 30.7 Å². The Morgan fingerprint density at radius 2 is 1.78 bits per heavy atom. The summed E-state index contributed by atoms with van der Waals surface area (Å²) in [5.41, 5.74) is 1.26. The molecule has 2 rings (SSSR count). The number of morpholine rings is 1. The standard InChI is InChI=1S/C20H33NO2/c1-3-5-6-7-8-9-15-22-19-12-10-18(11-13-19)20-17-21(4-2)14-16-23-20/h10-13,20H,3-9,14-17H2,1-2H3. The quantitative estimate of drug-likeness (QED) is 0.577. The number of nitrogens with zero attached hydrogens (tertiary/aromatic N) is 1. The summed E-state index contributed by atoms with van der Waals surface area (Å²) in [6.07, 6.45) is 8.01. The van der Waals surface area contributed by atoms with E-state index >= 15 is 0 Å². The number of unbranched alkanes of at least 4 members (excludes halogenated alkanes) is 5.